The highest BCUT2D eigenvalue weighted by Gasteiger charge is 2.31. The van der Waals surface area contributed by atoms with Crippen molar-refractivity contribution < 1.29 is 9.59 Å². The maximum atomic E-state index is 12.3. The molecule has 0 spiro atoms. The van der Waals surface area contributed by atoms with Crippen molar-refractivity contribution in [1.29, 1.82) is 0 Å². The average Bonchev–Trinajstić information content (AvgIpc) is 2.28. The lowest BCUT2D eigenvalue weighted by molar-refractivity contribution is -0.119. The van der Waals surface area contributed by atoms with E-state index in [1.807, 2.05) is 6.92 Å². The molecule has 0 radical (unpaired) electrons. The van der Waals surface area contributed by atoms with Crippen LogP contribution in [-0.2, 0) is 11.2 Å². The van der Waals surface area contributed by atoms with Gasteiger partial charge in [-0.15, -0.1) is 0 Å². The average molecular weight is 267 g/mol. The highest BCUT2D eigenvalue weighted by atomic mass is 35.5. The number of nitrogens with two attached hydrogens (primary N) is 1. The van der Waals surface area contributed by atoms with Crippen molar-refractivity contribution in [2.75, 3.05) is 5.73 Å². The molecule has 1 aromatic rings. The molecule has 1 aliphatic carbocycles. The molecule has 4 nitrogen and oxygen atoms in total. The summed E-state index contributed by atoms with van der Waals surface area (Å²) in [4.78, 5) is 23.4. The number of benzene rings is 1. The van der Waals surface area contributed by atoms with Gasteiger partial charge in [0, 0.05) is 23.2 Å². The molecule has 0 aromatic heterocycles. The van der Waals surface area contributed by atoms with Crippen molar-refractivity contribution >= 4 is 29.0 Å². The van der Waals surface area contributed by atoms with Gasteiger partial charge in [0.05, 0.1) is 6.04 Å². The Morgan fingerprint density at radius 1 is 1.56 bits per heavy atom. The Bertz CT molecular complexity index is 540. The summed E-state index contributed by atoms with van der Waals surface area (Å²) in [6.45, 7) is 3.28. The maximum Gasteiger partial charge on any atom is 0.217 e. The van der Waals surface area contributed by atoms with Crippen LogP contribution in [0.25, 0.3) is 0 Å². The largest absolute Gasteiger partial charge is 0.398 e. The summed E-state index contributed by atoms with van der Waals surface area (Å²) in [5.41, 5.74) is 8.59. The van der Waals surface area contributed by atoms with E-state index in [0.717, 1.165) is 11.1 Å². The monoisotopic (exact) mass is 266 g/mol. The van der Waals surface area contributed by atoms with Crippen LogP contribution in [-0.4, -0.2) is 17.7 Å². The van der Waals surface area contributed by atoms with Gasteiger partial charge in [-0.05, 0) is 37.0 Å². The Morgan fingerprint density at radius 2 is 2.22 bits per heavy atom. The van der Waals surface area contributed by atoms with Crippen LogP contribution in [0, 0.1) is 6.92 Å². The SMILES string of the molecule is CC(=O)NC1CCc2c(C)c(Cl)cc(N)c2C1=O. The van der Waals surface area contributed by atoms with Crippen molar-refractivity contribution in [3.05, 3.63) is 27.8 Å². The first-order valence-corrected chi connectivity index (χ1v) is 6.18. The molecular weight excluding hydrogens is 252 g/mol. The summed E-state index contributed by atoms with van der Waals surface area (Å²) >= 11 is 6.06. The Balaban J connectivity index is 2.47. The van der Waals surface area contributed by atoms with Crippen LogP contribution in [0.15, 0.2) is 6.07 Å². The number of anilines is 1. The summed E-state index contributed by atoms with van der Waals surface area (Å²) < 4.78 is 0. The predicted octanol–water partition coefficient (Wildman–Crippen LogP) is 1.86. The Hall–Kier alpha value is -1.55. The number of amides is 1. The second-order valence-corrected chi connectivity index (χ2v) is 4.99. The van der Waals surface area contributed by atoms with E-state index in [1.54, 1.807) is 6.07 Å². The van der Waals surface area contributed by atoms with E-state index in [4.69, 9.17) is 17.3 Å². The number of nitrogen functional groups attached to an aromatic ring is 1. The van der Waals surface area contributed by atoms with E-state index in [2.05, 4.69) is 5.32 Å². The van der Waals surface area contributed by atoms with Crippen molar-refractivity contribution in [2.24, 2.45) is 0 Å². The second kappa shape index (κ2) is 4.61. The number of hydrogen-bond acceptors (Lipinski definition) is 3. The maximum absolute atomic E-state index is 12.3. The third-order valence-corrected chi connectivity index (χ3v) is 3.70. The van der Waals surface area contributed by atoms with Crippen LogP contribution in [0.3, 0.4) is 0 Å². The fourth-order valence-electron chi connectivity index (χ4n) is 2.40. The number of Topliss-reactive ketones (excluding diaryl/α,β-unsaturated/α-hetero) is 1. The molecule has 1 unspecified atom stereocenters. The number of carbonyl (C=O) groups is 2. The van der Waals surface area contributed by atoms with Crippen LogP contribution < -0.4 is 11.1 Å². The van der Waals surface area contributed by atoms with Gasteiger partial charge in [0.15, 0.2) is 5.78 Å². The lowest BCUT2D eigenvalue weighted by Crippen LogP contribution is -2.43. The molecule has 0 bridgehead atoms. The van der Waals surface area contributed by atoms with Gasteiger partial charge in [-0.25, -0.2) is 0 Å². The Morgan fingerprint density at radius 3 is 2.83 bits per heavy atom. The van der Waals surface area contributed by atoms with E-state index in [-0.39, 0.29) is 11.7 Å². The first-order valence-electron chi connectivity index (χ1n) is 5.80. The van der Waals surface area contributed by atoms with E-state index in [1.165, 1.54) is 6.92 Å². The topological polar surface area (TPSA) is 72.2 Å². The van der Waals surface area contributed by atoms with Gasteiger partial charge in [0.1, 0.15) is 0 Å². The van der Waals surface area contributed by atoms with E-state index >= 15 is 0 Å². The number of nitrogens with one attached hydrogen (secondary N) is 1. The lowest BCUT2D eigenvalue weighted by atomic mass is 9.83. The highest BCUT2D eigenvalue weighted by Crippen LogP contribution is 2.33. The number of hydrogen-bond donors (Lipinski definition) is 2. The molecule has 2 rings (SSSR count). The van der Waals surface area contributed by atoms with Gasteiger partial charge >= 0.3 is 0 Å². The minimum atomic E-state index is -0.474. The minimum Gasteiger partial charge on any atom is -0.398 e. The minimum absolute atomic E-state index is 0.122. The third kappa shape index (κ3) is 2.08. The molecule has 3 N–H and O–H groups in total. The van der Waals surface area contributed by atoms with Crippen molar-refractivity contribution in [3.8, 4) is 0 Å². The van der Waals surface area contributed by atoms with Crippen LogP contribution in [0.4, 0.5) is 5.69 Å². The number of fused-ring (bicyclic) bond motifs is 1. The summed E-state index contributed by atoms with van der Waals surface area (Å²) in [6, 6.07) is 1.13. The van der Waals surface area contributed by atoms with Gasteiger partial charge in [-0.1, -0.05) is 11.6 Å². The normalized spacial score (nSPS) is 18.4. The second-order valence-electron chi connectivity index (χ2n) is 4.58. The molecule has 1 atom stereocenters. The van der Waals surface area contributed by atoms with Gasteiger partial charge in [-0.3, -0.25) is 9.59 Å². The van der Waals surface area contributed by atoms with Crippen LogP contribution in [0.2, 0.25) is 5.02 Å². The lowest BCUT2D eigenvalue weighted by Gasteiger charge is -2.26. The molecule has 0 saturated heterocycles. The molecule has 1 aliphatic rings. The fraction of sp³-hybridized carbons (Fsp3) is 0.385. The standard InChI is InChI=1S/C13H15ClN2O2/c1-6-8-3-4-11(16-7(2)17)13(18)12(8)10(15)5-9(6)14/h5,11H,3-4,15H2,1-2H3,(H,16,17). The van der Waals surface area contributed by atoms with Crippen molar-refractivity contribution in [2.45, 2.75) is 32.7 Å². The quantitative estimate of drug-likeness (QED) is 0.762. The van der Waals surface area contributed by atoms with Gasteiger partial charge < -0.3 is 11.1 Å². The molecule has 96 valence electrons. The zero-order valence-electron chi connectivity index (χ0n) is 10.3. The van der Waals surface area contributed by atoms with E-state index in [0.29, 0.717) is 29.1 Å². The van der Waals surface area contributed by atoms with Crippen LogP contribution in [0.1, 0.15) is 34.8 Å². The highest BCUT2D eigenvalue weighted by molar-refractivity contribution is 6.32. The summed E-state index contributed by atoms with van der Waals surface area (Å²) in [5.74, 6) is -0.329. The molecule has 18 heavy (non-hydrogen) atoms. The molecular formula is C13H15ClN2O2. The van der Waals surface area contributed by atoms with E-state index < -0.39 is 6.04 Å². The number of halogens is 1. The van der Waals surface area contributed by atoms with Crippen LogP contribution in [0.5, 0.6) is 0 Å². The van der Waals surface area contributed by atoms with Crippen LogP contribution >= 0.6 is 11.6 Å². The third-order valence-electron chi connectivity index (χ3n) is 3.31. The van der Waals surface area contributed by atoms with Gasteiger partial charge in [0.2, 0.25) is 5.91 Å². The Labute approximate surface area is 110 Å². The van der Waals surface area contributed by atoms with Gasteiger partial charge in [0.25, 0.3) is 0 Å². The molecule has 0 heterocycles. The zero-order valence-corrected chi connectivity index (χ0v) is 11.1. The first-order chi connectivity index (χ1) is 8.41. The number of ketones is 1. The van der Waals surface area contributed by atoms with Crippen molar-refractivity contribution in [3.63, 3.8) is 0 Å². The number of carbonyl (C=O) groups excluding carboxylic acids is 2. The summed E-state index contributed by atoms with van der Waals surface area (Å²) in [7, 11) is 0. The van der Waals surface area contributed by atoms with Crippen molar-refractivity contribution in [1.82, 2.24) is 5.32 Å². The molecule has 1 amide bonds. The Kier molecular flexibility index (Phi) is 3.30. The molecule has 0 aliphatic heterocycles. The smallest absolute Gasteiger partial charge is 0.217 e. The zero-order chi connectivity index (χ0) is 13.4. The fourth-order valence-corrected chi connectivity index (χ4v) is 2.63. The van der Waals surface area contributed by atoms with Gasteiger partial charge in [-0.2, -0.15) is 0 Å². The summed E-state index contributed by atoms with van der Waals surface area (Å²) in [5, 5.41) is 3.24. The molecule has 0 fully saturated rings. The summed E-state index contributed by atoms with van der Waals surface area (Å²) in [6.07, 6.45) is 1.29. The molecule has 0 saturated carbocycles. The predicted molar refractivity (Wildman–Crippen MR) is 70.9 cm³/mol. The number of rotatable bonds is 1. The molecule has 1 aromatic carbocycles. The van der Waals surface area contributed by atoms with E-state index in [9.17, 15) is 9.59 Å². The first kappa shape index (κ1) is 12.9. The molecule has 5 heteroatoms.